The van der Waals surface area contributed by atoms with Gasteiger partial charge < -0.3 is 34.1 Å². The van der Waals surface area contributed by atoms with Crippen LogP contribution in [0.5, 0.6) is 0 Å². The lowest BCUT2D eigenvalue weighted by Crippen LogP contribution is -2.67. The van der Waals surface area contributed by atoms with Gasteiger partial charge in [-0.15, -0.1) is 11.3 Å². The molecule has 16 nitrogen and oxygen atoms in total. The van der Waals surface area contributed by atoms with Gasteiger partial charge in [0.15, 0.2) is 0 Å². The summed E-state index contributed by atoms with van der Waals surface area (Å²) in [4.78, 5) is 85.0. The van der Waals surface area contributed by atoms with Gasteiger partial charge in [-0.2, -0.15) is 0 Å². The minimum absolute atomic E-state index is 0.0770. The zero-order chi connectivity index (χ0) is 47.9. The number of hydrazine groups is 1. The number of esters is 1. The zero-order valence-corrected chi connectivity index (χ0v) is 40.9. The second kappa shape index (κ2) is 19.5. The number of likely N-dealkylation sites (N-methyl/N-ethyl adjacent to an activating group) is 1. The smallest absolute Gasteiger partial charge is 0.324 e. The van der Waals surface area contributed by atoms with Crippen molar-refractivity contribution in [1.82, 2.24) is 45.0 Å². The fourth-order valence-electron chi connectivity index (χ4n) is 10.5. The molecule has 0 aliphatic carbocycles. The minimum atomic E-state index is -1.08. The first-order valence-corrected chi connectivity index (χ1v) is 24.5. The number of rotatable bonds is 9. The fraction of sp³-hybridized carbons (Fsp3) is 0.540. The number of amides is 5. The first-order chi connectivity index (χ1) is 32.0. The number of pyridine rings is 1. The summed E-state index contributed by atoms with van der Waals surface area (Å²) in [5.74, 6) is -1.82. The van der Waals surface area contributed by atoms with E-state index in [1.165, 1.54) is 27.3 Å². The molecule has 0 radical (unpaired) electrons. The van der Waals surface area contributed by atoms with Crippen molar-refractivity contribution in [3.8, 4) is 22.5 Å². The lowest BCUT2D eigenvalue weighted by Gasteiger charge is -2.52. The number of urea groups is 1. The summed E-state index contributed by atoms with van der Waals surface area (Å²) < 4.78 is 14.3. The molecule has 1 aromatic carbocycles. The van der Waals surface area contributed by atoms with E-state index in [1.807, 2.05) is 32.2 Å². The van der Waals surface area contributed by atoms with E-state index in [0.29, 0.717) is 50.4 Å². The molecule has 0 spiro atoms. The van der Waals surface area contributed by atoms with Crippen LogP contribution in [-0.4, -0.2) is 135 Å². The molecule has 8 heterocycles. The van der Waals surface area contributed by atoms with E-state index >= 15 is 0 Å². The summed E-state index contributed by atoms with van der Waals surface area (Å²) in [5.41, 5.74) is 9.28. The van der Waals surface area contributed by atoms with Crippen molar-refractivity contribution in [3.05, 3.63) is 70.8 Å². The number of nitrogens with zero attached hydrogens (tertiary/aromatic N) is 7. The molecule has 4 fully saturated rings. The largest absolute Gasteiger partial charge is 0.464 e. The molecule has 5 aliphatic heterocycles. The molecule has 2 N–H and O–H groups in total. The van der Waals surface area contributed by atoms with Gasteiger partial charge in [0.25, 0.3) is 5.91 Å². The molecular weight excluding hydrogens is 871 g/mol. The summed E-state index contributed by atoms with van der Waals surface area (Å²) in [6.07, 6.45) is 6.05. The molecular formula is C50H65N9O7S. The van der Waals surface area contributed by atoms with Crippen molar-refractivity contribution < 1.29 is 33.4 Å². The average Bonchev–Trinajstić information content (AvgIpc) is 3.93. The average molecular weight is 936 g/mol. The number of carbonyl (C=O) groups is 5. The topological polar surface area (TPSA) is 172 Å². The van der Waals surface area contributed by atoms with Gasteiger partial charge in [-0.1, -0.05) is 40.3 Å². The van der Waals surface area contributed by atoms with E-state index in [4.69, 9.17) is 19.4 Å². The molecule has 67 heavy (non-hydrogen) atoms. The summed E-state index contributed by atoms with van der Waals surface area (Å²) in [5, 5.41) is 8.14. The van der Waals surface area contributed by atoms with E-state index in [0.717, 1.165) is 57.5 Å². The van der Waals surface area contributed by atoms with E-state index in [-0.39, 0.29) is 49.1 Å². The Labute approximate surface area is 397 Å². The molecule has 4 aromatic rings. The van der Waals surface area contributed by atoms with Crippen LogP contribution in [0.1, 0.15) is 89.6 Å². The number of aromatic nitrogens is 3. The highest BCUT2D eigenvalue weighted by Crippen LogP contribution is 2.42. The molecule has 3 aromatic heterocycles. The van der Waals surface area contributed by atoms with Crippen LogP contribution >= 0.6 is 11.3 Å². The highest BCUT2D eigenvalue weighted by atomic mass is 32.1. The van der Waals surface area contributed by atoms with Crippen molar-refractivity contribution in [1.29, 1.82) is 0 Å². The number of benzene rings is 1. The minimum Gasteiger partial charge on any atom is -0.464 e. The Balaban J connectivity index is 1.14. The molecule has 4 saturated heterocycles. The van der Waals surface area contributed by atoms with Crippen molar-refractivity contribution in [3.63, 3.8) is 0 Å². The van der Waals surface area contributed by atoms with Crippen LogP contribution in [-0.2, 0) is 48.0 Å². The van der Waals surface area contributed by atoms with Crippen LogP contribution in [0.25, 0.3) is 33.4 Å². The van der Waals surface area contributed by atoms with Gasteiger partial charge in [-0.25, -0.2) is 15.2 Å². The van der Waals surface area contributed by atoms with Gasteiger partial charge in [0.1, 0.15) is 18.1 Å². The van der Waals surface area contributed by atoms with E-state index in [2.05, 4.69) is 66.9 Å². The van der Waals surface area contributed by atoms with Crippen LogP contribution < -0.4 is 10.7 Å². The zero-order valence-electron chi connectivity index (χ0n) is 40.0. The maximum absolute atomic E-state index is 14.7. The van der Waals surface area contributed by atoms with Crippen molar-refractivity contribution in [2.45, 2.75) is 123 Å². The SMILES string of the molecule is C=CC(=O)N1CC2CCC1CN2C(=O)N(C)C(C(=O)N[C@H]1Cc2nc(cs2)-c2ccc3c(c2)c(c(-c2cccnc2[C@H](C)OC)n3CC)CC(C)(C)COC(=O)[C@@H]2CCCN(N2)C1=O)C(C)C. The standard InChI is InChI=1S/C50H65N9O7S/c1-10-42(60)57-25-33-18-17-32(57)26-58(33)49(64)55(8)44(29(3)4)46(61)53-38-23-41-52-39(27-67-41)31-16-19-40-35(22-31)36(45(56(40)11-2)34-14-12-20-51-43(34)30(5)65-9)24-50(6,7)28-66-48(63)37-15-13-21-59(54-37)47(38)62/h10,12,14,16,19-20,22,27,29-30,32-33,37-38,44,54H,1,11,13,15,17-18,21,23-26,28H2,2-9H3,(H,53,61)/t30-,32?,33?,37-,38-,44?/m0/s1. The van der Waals surface area contributed by atoms with Crippen LogP contribution in [0.4, 0.5) is 4.79 Å². The van der Waals surface area contributed by atoms with Gasteiger partial charge >= 0.3 is 12.0 Å². The number of fused-ring (bicyclic) bond motifs is 9. The summed E-state index contributed by atoms with van der Waals surface area (Å²) >= 11 is 1.41. The van der Waals surface area contributed by atoms with E-state index < -0.39 is 41.3 Å². The Morgan fingerprint density at radius 2 is 1.85 bits per heavy atom. The second-order valence-electron chi connectivity index (χ2n) is 19.6. The van der Waals surface area contributed by atoms with Gasteiger partial charge in [-0.05, 0) is 87.8 Å². The van der Waals surface area contributed by atoms with Crippen LogP contribution in [0.15, 0.2) is 54.6 Å². The highest BCUT2D eigenvalue weighted by molar-refractivity contribution is 7.10. The predicted octanol–water partition coefficient (Wildman–Crippen LogP) is 6.14. The number of piperazine rings is 1. The quantitative estimate of drug-likeness (QED) is 0.147. The predicted molar refractivity (Wildman–Crippen MR) is 257 cm³/mol. The number of methoxy groups -OCH3 is 1. The molecule has 3 unspecified atom stereocenters. The Hall–Kier alpha value is -5.65. The Kier molecular flexibility index (Phi) is 13.9. The van der Waals surface area contributed by atoms with Gasteiger partial charge in [0.2, 0.25) is 11.8 Å². The molecule has 8 bridgehead atoms. The van der Waals surface area contributed by atoms with Crippen molar-refractivity contribution in [2.75, 3.05) is 40.4 Å². The number of piperidine rings is 2. The van der Waals surface area contributed by atoms with Crippen LogP contribution in [0, 0.1) is 11.3 Å². The Bertz CT molecular complexity index is 2550. The summed E-state index contributed by atoms with van der Waals surface area (Å²) in [6.45, 7) is 17.6. The molecule has 6 atom stereocenters. The maximum atomic E-state index is 14.7. The first kappa shape index (κ1) is 47.8. The van der Waals surface area contributed by atoms with Crippen LogP contribution in [0.3, 0.4) is 0 Å². The number of thiazole rings is 1. The highest BCUT2D eigenvalue weighted by Gasteiger charge is 2.45. The fourth-order valence-corrected chi connectivity index (χ4v) is 11.4. The second-order valence-corrected chi connectivity index (χ2v) is 20.5. The number of carbonyl (C=O) groups excluding carboxylic acids is 5. The number of hydrogen-bond acceptors (Lipinski definition) is 11. The Morgan fingerprint density at radius 1 is 1.10 bits per heavy atom. The van der Waals surface area contributed by atoms with Gasteiger partial charge in [-0.3, -0.25) is 29.2 Å². The van der Waals surface area contributed by atoms with Gasteiger partial charge in [0, 0.05) is 91.8 Å². The number of hydrogen-bond donors (Lipinski definition) is 2. The lowest BCUT2D eigenvalue weighted by atomic mass is 9.84. The number of aryl methyl sites for hydroxylation is 1. The summed E-state index contributed by atoms with van der Waals surface area (Å²) in [6, 6.07) is 7.02. The molecule has 0 saturated carbocycles. The summed E-state index contributed by atoms with van der Waals surface area (Å²) in [7, 11) is 3.31. The van der Waals surface area contributed by atoms with Crippen molar-refractivity contribution >= 4 is 52.0 Å². The molecule has 5 amide bonds. The van der Waals surface area contributed by atoms with E-state index in [1.54, 1.807) is 30.2 Å². The number of nitrogens with one attached hydrogen (secondary N) is 2. The first-order valence-electron chi connectivity index (χ1n) is 23.6. The third kappa shape index (κ3) is 9.46. The van der Waals surface area contributed by atoms with Crippen molar-refractivity contribution in [2.24, 2.45) is 11.3 Å². The normalized spacial score (nSPS) is 22.9. The molecule has 5 aliphatic rings. The van der Waals surface area contributed by atoms with Gasteiger partial charge in [0.05, 0.1) is 40.8 Å². The lowest BCUT2D eigenvalue weighted by molar-refractivity contribution is -0.155. The monoisotopic (exact) mass is 935 g/mol. The molecule has 9 rings (SSSR count). The Morgan fingerprint density at radius 3 is 2.54 bits per heavy atom. The van der Waals surface area contributed by atoms with Crippen LogP contribution in [0.2, 0.25) is 0 Å². The molecule has 17 heteroatoms. The third-order valence-corrected chi connectivity index (χ3v) is 14.9. The third-order valence-electron chi connectivity index (χ3n) is 14.0. The molecule has 358 valence electrons. The number of cyclic esters (lactones) is 1. The number of ether oxygens (including phenoxy) is 2. The van der Waals surface area contributed by atoms with E-state index in [9.17, 15) is 24.0 Å². The maximum Gasteiger partial charge on any atom is 0.324 e.